The molecule has 1 heterocycles. The van der Waals surface area contributed by atoms with Gasteiger partial charge in [0.2, 0.25) is 5.91 Å². The number of aryl methyl sites for hydroxylation is 1. The van der Waals surface area contributed by atoms with E-state index in [4.69, 9.17) is 0 Å². The second kappa shape index (κ2) is 7.40. The molecule has 1 aromatic carbocycles. The van der Waals surface area contributed by atoms with Gasteiger partial charge in [0.15, 0.2) is 0 Å². The number of pyridine rings is 1. The van der Waals surface area contributed by atoms with Gasteiger partial charge in [-0.1, -0.05) is 12.1 Å². The first-order valence-corrected chi connectivity index (χ1v) is 7.26. The number of carbonyl (C=O) groups excluding carboxylic acids is 2. The lowest BCUT2D eigenvalue weighted by Gasteiger charge is -2.18. The van der Waals surface area contributed by atoms with E-state index in [1.807, 2.05) is 31.2 Å². The molecule has 120 valence electrons. The van der Waals surface area contributed by atoms with Crippen LogP contribution in [-0.4, -0.2) is 28.9 Å². The number of hydrogen-bond acceptors (Lipinski definition) is 3. The Morgan fingerprint density at radius 3 is 2.61 bits per heavy atom. The monoisotopic (exact) mass is 312 g/mol. The molecule has 6 nitrogen and oxygen atoms in total. The van der Waals surface area contributed by atoms with E-state index in [1.165, 1.54) is 6.92 Å². The van der Waals surface area contributed by atoms with Crippen molar-refractivity contribution in [3.8, 4) is 0 Å². The van der Waals surface area contributed by atoms with Gasteiger partial charge in [-0.05, 0) is 36.8 Å². The summed E-state index contributed by atoms with van der Waals surface area (Å²) < 4.78 is 0. The summed E-state index contributed by atoms with van der Waals surface area (Å²) in [7, 11) is 1.70. The zero-order valence-corrected chi connectivity index (χ0v) is 13.5. The predicted molar refractivity (Wildman–Crippen MR) is 90.2 cm³/mol. The summed E-state index contributed by atoms with van der Waals surface area (Å²) in [6, 6.07) is 10.7. The van der Waals surface area contributed by atoms with Gasteiger partial charge >= 0.3 is 6.03 Å². The number of nitrogens with zero attached hydrogens (tertiary/aromatic N) is 2. The standard InChI is InChI=1S/C17H20N4O2/c1-12-7-8-14(10-16(12)19-13(2)22)20-17(23)21(3)11-15-6-4-5-9-18-15/h4-10H,11H2,1-3H3,(H,19,22)(H,20,23). The van der Waals surface area contributed by atoms with Gasteiger partial charge in [0.1, 0.15) is 0 Å². The van der Waals surface area contributed by atoms with E-state index in [2.05, 4.69) is 15.6 Å². The highest BCUT2D eigenvalue weighted by Crippen LogP contribution is 2.20. The van der Waals surface area contributed by atoms with Gasteiger partial charge in [-0.2, -0.15) is 0 Å². The van der Waals surface area contributed by atoms with Crippen LogP contribution in [0.15, 0.2) is 42.6 Å². The third-order valence-corrected chi connectivity index (χ3v) is 3.27. The van der Waals surface area contributed by atoms with Gasteiger partial charge in [0, 0.05) is 31.5 Å². The third-order valence-electron chi connectivity index (χ3n) is 3.27. The Kier molecular flexibility index (Phi) is 5.30. The number of rotatable bonds is 4. The van der Waals surface area contributed by atoms with E-state index in [9.17, 15) is 9.59 Å². The molecule has 1 aromatic heterocycles. The average Bonchev–Trinajstić information content (AvgIpc) is 2.51. The van der Waals surface area contributed by atoms with Crippen LogP contribution in [0.25, 0.3) is 0 Å². The van der Waals surface area contributed by atoms with Gasteiger partial charge in [0.25, 0.3) is 0 Å². The van der Waals surface area contributed by atoms with Crippen molar-refractivity contribution in [1.82, 2.24) is 9.88 Å². The maximum Gasteiger partial charge on any atom is 0.321 e. The van der Waals surface area contributed by atoms with Crippen molar-refractivity contribution in [1.29, 1.82) is 0 Å². The molecule has 0 saturated heterocycles. The first-order valence-electron chi connectivity index (χ1n) is 7.26. The number of benzene rings is 1. The van der Waals surface area contributed by atoms with Crippen molar-refractivity contribution < 1.29 is 9.59 Å². The first kappa shape index (κ1) is 16.5. The number of aromatic nitrogens is 1. The predicted octanol–water partition coefficient (Wildman–Crippen LogP) is 3.01. The maximum absolute atomic E-state index is 12.2. The van der Waals surface area contributed by atoms with Gasteiger partial charge in [-0.15, -0.1) is 0 Å². The number of urea groups is 1. The summed E-state index contributed by atoms with van der Waals surface area (Å²) in [5.41, 5.74) is 3.05. The zero-order valence-electron chi connectivity index (χ0n) is 13.5. The smallest absolute Gasteiger partial charge is 0.321 e. The highest BCUT2D eigenvalue weighted by molar-refractivity contribution is 5.93. The number of nitrogens with one attached hydrogen (secondary N) is 2. The van der Waals surface area contributed by atoms with Crippen molar-refractivity contribution in [3.63, 3.8) is 0 Å². The second-order valence-electron chi connectivity index (χ2n) is 5.32. The van der Waals surface area contributed by atoms with Gasteiger partial charge in [-0.25, -0.2) is 4.79 Å². The number of anilines is 2. The van der Waals surface area contributed by atoms with Gasteiger partial charge in [0.05, 0.1) is 12.2 Å². The minimum absolute atomic E-state index is 0.149. The molecule has 0 spiro atoms. The Balaban J connectivity index is 2.03. The SMILES string of the molecule is CC(=O)Nc1cc(NC(=O)N(C)Cc2ccccn2)ccc1C. The molecule has 23 heavy (non-hydrogen) atoms. The Morgan fingerprint density at radius 1 is 1.17 bits per heavy atom. The summed E-state index contributed by atoms with van der Waals surface area (Å²) in [5, 5.41) is 5.55. The molecule has 0 aliphatic heterocycles. The van der Waals surface area contributed by atoms with Crippen molar-refractivity contribution in [2.75, 3.05) is 17.7 Å². The molecule has 0 fully saturated rings. The van der Waals surface area contributed by atoms with E-state index >= 15 is 0 Å². The largest absolute Gasteiger partial charge is 0.326 e. The molecule has 0 radical (unpaired) electrons. The molecular formula is C17H20N4O2. The van der Waals surface area contributed by atoms with Crippen LogP contribution < -0.4 is 10.6 Å². The quantitative estimate of drug-likeness (QED) is 0.911. The summed E-state index contributed by atoms with van der Waals surface area (Å²) in [6.07, 6.45) is 1.70. The van der Waals surface area contributed by atoms with Crippen LogP contribution in [0.2, 0.25) is 0 Å². The minimum Gasteiger partial charge on any atom is -0.326 e. The lowest BCUT2D eigenvalue weighted by molar-refractivity contribution is -0.114. The molecule has 2 N–H and O–H groups in total. The van der Waals surface area contributed by atoms with Gasteiger partial charge in [-0.3, -0.25) is 9.78 Å². The first-order chi connectivity index (χ1) is 11.0. The van der Waals surface area contributed by atoms with Crippen molar-refractivity contribution in [3.05, 3.63) is 53.9 Å². The second-order valence-corrected chi connectivity index (χ2v) is 5.32. The minimum atomic E-state index is -0.242. The van der Waals surface area contributed by atoms with Crippen LogP contribution in [0.3, 0.4) is 0 Å². The molecule has 3 amide bonds. The van der Waals surface area contributed by atoms with Crippen LogP contribution in [-0.2, 0) is 11.3 Å². The summed E-state index contributed by atoms with van der Waals surface area (Å²) in [4.78, 5) is 29.2. The van der Waals surface area contributed by atoms with Crippen LogP contribution in [0.5, 0.6) is 0 Å². The van der Waals surface area contributed by atoms with Crippen LogP contribution in [0.4, 0.5) is 16.2 Å². The third kappa shape index (κ3) is 4.81. The molecule has 0 saturated carbocycles. The van der Waals surface area contributed by atoms with Crippen LogP contribution in [0, 0.1) is 6.92 Å². The molecule has 6 heteroatoms. The average molecular weight is 312 g/mol. The Labute approximate surface area is 135 Å². The van der Waals surface area contributed by atoms with Crippen LogP contribution in [0.1, 0.15) is 18.2 Å². The lowest BCUT2D eigenvalue weighted by atomic mass is 10.2. The fraction of sp³-hybridized carbons (Fsp3) is 0.235. The molecule has 0 aliphatic rings. The summed E-state index contributed by atoms with van der Waals surface area (Å²) in [6.45, 7) is 3.76. The number of carbonyl (C=O) groups is 2. The van der Waals surface area contributed by atoms with Crippen molar-refractivity contribution >= 4 is 23.3 Å². The normalized spacial score (nSPS) is 10.0. The highest BCUT2D eigenvalue weighted by Gasteiger charge is 2.11. The molecule has 0 aliphatic carbocycles. The fourth-order valence-corrected chi connectivity index (χ4v) is 2.05. The van der Waals surface area contributed by atoms with Gasteiger partial charge < -0.3 is 15.5 Å². The topological polar surface area (TPSA) is 74.3 Å². The molecule has 0 unspecified atom stereocenters. The zero-order chi connectivity index (χ0) is 16.8. The number of hydrogen-bond donors (Lipinski definition) is 2. The van der Waals surface area contributed by atoms with Crippen molar-refractivity contribution in [2.24, 2.45) is 0 Å². The van der Waals surface area contributed by atoms with Crippen molar-refractivity contribution in [2.45, 2.75) is 20.4 Å². The van der Waals surface area contributed by atoms with Crippen LogP contribution >= 0.6 is 0 Å². The summed E-state index contributed by atoms with van der Waals surface area (Å²) in [5.74, 6) is -0.149. The number of amides is 3. The maximum atomic E-state index is 12.2. The van der Waals surface area contributed by atoms with E-state index in [0.717, 1.165) is 11.3 Å². The molecular weight excluding hydrogens is 292 g/mol. The van der Waals surface area contributed by atoms with E-state index in [1.54, 1.807) is 30.3 Å². The lowest BCUT2D eigenvalue weighted by Crippen LogP contribution is -2.31. The Morgan fingerprint density at radius 2 is 1.96 bits per heavy atom. The molecule has 0 atom stereocenters. The highest BCUT2D eigenvalue weighted by atomic mass is 16.2. The molecule has 0 bridgehead atoms. The molecule has 2 rings (SSSR count). The fourth-order valence-electron chi connectivity index (χ4n) is 2.05. The Bertz CT molecular complexity index is 701. The molecule has 2 aromatic rings. The van der Waals surface area contributed by atoms with E-state index < -0.39 is 0 Å². The van der Waals surface area contributed by atoms with E-state index in [-0.39, 0.29) is 11.9 Å². The summed E-state index contributed by atoms with van der Waals surface area (Å²) >= 11 is 0. The Hall–Kier alpha value is -2.89. The van der Waals surface area contributed by atoms with E-state index in [0.29, 0.717) is 17.9 Å².